The van der Waals surface area contributed by atoms with Crippen LogP contribution >= 0.6 is 0 Å². The molecule has 1 aliphatic carbocycles. The van der Waals surface area contributed by atoms with Gasteiger partial charge in [-0.2, -0.15) is 0 Å². The molecule has 3 rings (SSSR count). The van der Waals surface area contributed by atoms with Crippen LogP contribution < -0.4 is 9.47 Å². The summed E-state index contributed by atoms with van der Waals surface area (Å²) in [6.07, 6.45) is 0. The lowest BCUT2D eigenvalue weighted by Crippen LogP contribution is -2.23. The molecule has 0 saturated heterocycles. The van der Waals surface area contributed by atoms with Gasteiger partial charge in [-0.05, 0) is 47.3 Å². The van der Waals surface area contributed by atoms with E-state index in [-0.39, 0.29) is 34.6 Å². The monoisotopic (exact) mass is 452 g/mol. The third-order valence-corrected chi connectivity index (χ3v) is 6.62. The van der Waals surface area contributed by atoms with Crippen LogP contribution in [0.2, 0.25) is 0 Å². The summed E-state index contributed by atoms with van der Waals surface area (Å²) in [5.41, 5.74) is 4.19. The van der Waals surface area contributed by atoms with Crippen LogP contribution in [0.3, 0.4) is 0 Å². The normalized spacial score (nSPS) is 20.5. The van der Waals surface area contributed by atoms with E-state index in [1.165, 1.54) is 5.56 Å². The summed E-state index contributed by atoms with van der Waals surface area (Å²) in [6.45, 7) is 18.3. The molecule has 180 valence electrons. The Morgan fingerprint density at radius 1 is 0.939 bits per heavy atom. The molecule has 0 amide bonds. The van der Waals surface area contributed by atoms with E-state index in [9.17, 15) is 4.79 Å². The van der Waals surface area contributed by atoms with E-state index in [4.69, 9.17) is 14.2 Å². The van der Waals surface area contributed by atoms with Gasteiger partial charge in [0.05, 0.1) is 26.2 Å². The van der Waals surface area contributed by atoms with Crippen molar-refractivity contribution in [3.63, 3.8) is 0 Å². The van der Waals surface area contributed by atoms with Crippen LogP contribution in [0.1, 0.15) is 70.7 Å². The van der Waals surface area contributed by atoms with Gasteiger partial charge in [0.25, 0.3) is 0 Å². The van der Waals surface area contributed by atoms with Crippen molar-refractivity contribution in [2.45, 2.75) is 72.8 Å². The van der Waals surface area contributed by atoms with Crippen molar-refractivity contribution in [2.24, 2.45) is 17.8 Å². The topological polar surface area (TPSA) is 44.8 Å². The predicted molar refractivity (Wildman–Crippen MR) is 133 cm³/mol. The van der Waals surface area contributed by atoms with E-state index in [0.717, 1.165) is 28.2 Å². The Hall–Kier alpha value is -2.33. The largest absolute Gasteiger partial charge is 0.497 e. The van der Waals surface area contributed by atoms with Gasteiger partial charge in [-0.3, -0.25) is 4.79 Å². The van der Waals surface area contributed by atoms with Crippen molar-refractivity contribution in [1.82, 2.24) is 0 Å². The molecule has 0 aliphatic heterocycles. The molecule has 0 bridgehead atoms. The highest BCUT2D eigenvalue weighted by Crippen LogP contribution is 2.48. The highest BCUT2D eigenvalue weighted by molar-refractivity contribution is 5.80. The molecule has 0 radical (unpaired) electrons. The third kappa shape index (κ3) is 5.97. The van der Waals surface area contributed by atoms with E-state index in [0.29, 0.717) is 13.2 Å². The molecule has 1 saturated carbocycles. The highest BCUT2D eigenvalue weighted by atomic mass is 16.5. The van der Waals surface area contributed by atoms with Crippen LogP contribution in [0, 0.1) is 24.7 Å². The molecular weight excluding hydrogens is 412 g/mol. The van der Waals surface area contributed by atoms with Gasteiger partial charge in [-0.25, -0.2) is 0 Å². The van der Waals surface area contributed by atoms with Gasteiger partial charge in [-0.15, -0.1) is 0 Å². The lowest BCUT2D eigenvalue weighted by atomic mass is 9.78. The van der Waals surface area contributed by atoms with Gasteiger partial charge in [0.2, 0.25) is 0 Å². The molecule has 0 spiro atoms. The second-order valence-corrected chi connectivity index (χ2v) is 11.5. The Balaban J connectivity index is 1.69. The quantitative estimate of drug-likeness (QED) is 0.350. The number of carbonyl (C=O) groups is 1. The summed E-state index contributed by atoms with van der Waals surface area (Å²) >= 11 is 0. The first-order chi connectivity index (χ1) is 15.3. The summed E-state index contributed by atoms with van der Waals surface area (Å²) < 4.78 is 17.3. The van der Waals surface area contributed by atoms with Crippen molar-refractivity contribution in [2.75, 3.05) is 13.7 Å². The molecule has 33 heavy (non-hydrogen) atoms. The zero-order valence-corrected chi connectivity index (χ0v) is 21.7. The number of methoxy groups -OCH3 is 1. The van der Waals surface area contributed by atoms with Gasteiger partial charge in [-0.1, -0.05) is 78.3 Å². The van der Waals surface area contributed by atoms with Crippen LogP contribution in [0.5, 0.6) is 11.5 Å². The molecule has 0 aromatic heterocycles. The third-order valence-electron chi connectivity index (χ3n) is 6.62. The second-order valence-electron chi connectivity index (χ2n) is 11.5. The maximum Gasteiger partial charge on any atom is 0.315 e. The summed E-state index contributed by atoms with van der Waals surface area (Å²) in [7, 11) is 1.66. The molecule has 3 unspecified atom stereocenters. The number of ether oxygens (including phenoxy) is 3. The van der Waals surface area contributed by atoms with Crippen molar-refractivity contribution in [1.29, 1.82) is 0 Å². The van der Waals surface area contributed by atoms with Crippen molar-refractivity contribution < 1.29 is 19.0 Å². The fraction of sp³-hybridized carbons (Fsp3) is 0.552. The minimum Gasteiger partial charge on any atom is -0.497 e. The molecule has 1 aliphatic rings. The SMILES string of the molecule is COc1ccc(COCC2C(C)C2C(=O)Oc2c(C(C)(C)C)cc(C)cc2C(C)(C)C)cc1. The first kappa shape index (κ1) is 25.3. The molecule has 4 nitrogen and oxygen atoms in total. The van der Waals surface area contributed by atoms with E-state index in [1.807, 2.05) is 24.3 Å². The molecule has 0 heterocycles. The molecule has 4 heteroatoms. The number of hydrogen-bond acceptors (Lipinski definition) is 4. The van der Waals surface area contributed by atoms with Crippen molar-refractivity contribution in [3.8, 4) is 11.5 Å². The van der Waals surface area contributed by atoms with Crippen molar-refractivity contribution in [3.05, 3.63) is 58.7 Å². The molecular formula is C29H40O4. The minimum atomic E-state index is -0.139. The van der Waals surface area contributed by atoms with Crippen molar-refractivity contribution >= 4 is 5.97 Å². The molecule has 1 fully saturated rings. The van der Waals surface area contributed by atoms with Crippen LogP contribution in [0.25, 0.3) is 0 Å². The van der Waals surface area contributed by atoms with E-state index in [2.05, 4.69) is 67.5 Å². The van der Waals surface area contributed by atoms with Gasteiger partial charge in [0, 0.05) is 11.1 Å². The highest BCUT2D eigenvalue weighted by Gasteiger charge is 2.53. The number of esters is 1. The maximum atomic E-state index is 13.3. The number of carbonyl (C=O) groups excluding carboxylic acids is 1. The van der Waals surface area contributed by atoms with E-state index in [1.54, 1.807) is 7.11 Å². The lowest BCUT2D eigenvalue weighted by Gasteiger charge is -2.30. The van der Waals surface area contributed by atoms with E-state index < -0.39 is 0 Å². The first-order valence-corrected chi connectivity index (χ1v) is 11.9. The van der Waals surface area contributed by atoms with Crippen LogP contribution in [-0.2, 0) is 27.0 Å². The Labute approximate surface area is 199 Å². The number of rotatable bonds is 7. The summed E-state index contributed by atoms with van der Waals surface area (Å²) in [5.74, 6) is 1.76. The summed E-state index contributed by atoms with van der Waals surface area (Å²) in [4.78, 5) is 13.3. The fourth-order valence-corrected chi connectivity index (χ4v) is 4.39. The zero-order chi connectivity index (χ0) is 24.6. The van der Waals surface area contributed by atoms with Crippen LogP contribution in [0.15, 0.2) is 36.4 Å². The zero-order valence-electron chi connectivity index (χ0n) is 21.7. The Kier molecular flexibility index (Phi) is 7.28. The molecule has 0 N–H and O–H groups in total. The standard InChI is InChI=1S/C29H40O4/c1-18-14-23(28(3,4)5)26(24(15-18)29(6,7)8)33-27(30)25-19(2)22(25)17-32-16-20-10-12-21(31-9)13-11-20/h10-15,19,22,25H,16-17H2,1-9H3. The molecule has 2 aromatic rings. The van der Waals surface area contributed by atoms with Crippen LogP contribution in [0.4, 0.5) is 0 Å². The average Bonchev–Trinajstić information content (AvgIpc) is 3.37. The first-order valence-electron chi connectivity index (χ1n) is 11.9. The molecule has 3 atom stereocenters. The second kappa shape index (κ2) is 9.50. The molecule has 2 aromatic carbocycles. The summed E-state index contributed by atoms with van der Waals surface area (Å²) in [5, 5.41) is 0. The van der Waals surface area contributed by atoms with Gasteiger partial charge < -0.3 is 14.2 Å². The summed E-state index contributed by atoms with van der Waals surface area (Å²) in [6, 6.07) is 12.2. The fourth-order valence-electron chi connectivity index (χ4n) is 4.39. The predicted octanol–water partition coefficient (Wildman–Crippen LogP) is 6.60. The van der Waals surface area contributed by atoms with Gasteiger partial charge in [0.15, 0.2) is 0 Å². The van der Waals surface area contributed by atoms with Gasteiger partial charge >= 0.3 is 5.97 Å². The smallest absolute Gasteiger partial charge is 0.315 e. The van der Waals surface area contributed by atoms with Gasteiger partial charge in [0.1, 0.15) is 11.5 Å². The number of hydrogen-bond donors (Lipinski definition) is 0. The maximum absolute atomic E-state index is 13.3. The van der Waals surface area contributed by atoms with E-state index >= 15 is 0 Å². The van der Waals surface area contributed by atoms with Crippen LogP contribution in [-0.4, -0.2) is 19.7 Å². The Bertz CT molecular complexity index is 941. The Morgan fingerprint density at radius 2 is 1.48 bits per heavy atom. The number of aryl methyl sites for hydroxylation is 1. The number of benzene rings is 2. The average molecular weight is 453 g/mol. The Morgan fingerprint density at radius 3 is 1.97 bits per heavy atom. The minimum absolute atomic E-state index is 0.122. The lowest BCUT2D eigenvalue weighted by molar-refractivity contribution is -0.136.